The molecule has 1 aliphatic carbocycles. The van der Waals surface area contributed by atoms with E-state index < -0.39 is 0 Å². The van der Waals surface area contributed by atoms with Gasteiger partial charge in [0.15, 0.2) is 0 Å². The Morgan fingerprint density at radius 2 is 2.00 bits per heavy atom. The molecule has 1 saturated carbocycles. The predicted molar refractivity (Wildman–Crippen MR) is 87.0 cm³/mol. The molecule has 0 radical (unpaired) electrons. The van der Waals surface area contributed by atoms with Crippen molar-refractivity contribution in [1.29, 1.82) is 0 Å². The fourth-order valence-corrected chi connectivity index (χ4v) is 3.17. The van der Waals surface area contributed by atoms with Gasteiger partial charge in [0.05, 0.1) is 16.1 Å². The first kappa shape index (κ1) is 16.1. The molecule has 2 fully saturated rings. The third-order valence-corrected chi connectivity index (χ3v) is 4.99. The molecule has 120 valence electrons. The van der Waals surface area contributed by atoms with E-state index in [0.29, 0.717) is 29.2 Å². The molecule has 1 aliphatic heterocycles. The van der Waals surface area contributed by atoms with Gasteiger partial charge in [0.25, 0.3) is 5.91 Å². The van der Waals surface area contributed by atoms with E-state index in [2.05, 4.69) is 0 Å². The van der Waals surface area contributed by atoms with Gasteiger partial charge in [-0.1, -0.05) is 29.3 Å². The maximum Gasteiger partial charge on any atom is 0.252 e. The molecular weight excluding hydrogens is 323 g/mol. The molecule has 0 bridgehead atoms. The SMILES string of the molecule is NC[C@H]1CC[C@@H](C(=O)N(Cc2ccc(Cl)c(Cl)c2)C2CC2)O1. The largest absolute Gasteiger partial charge is 0.364 e. The number of ether oxygens (including phenoxy) is 1. The lowest BCUT2D eigenvalue weighted by molar-refractivity contribution is -0.144. The highest BCUT2D eigenvalue weighted by Crippen LogP contribution is 2.32. The minimum Gasteiger partial charge on any atom is -0.364 e. The highest BCUT2D eigenvalue weighted by molar-refractivity contribution is 6.42. The minimum atomic E-state index is -0.350. The van der Waals surface area contributed by atoms with Gasteiger partial charge in [-0.3, -0.25) is 4.79 Å². The Morgan fingerprint density at radius 3 is 2.59 bits per heavy atom. The Labute approximate surface area is 140 Å². The summed E-state index contributed by atoms with van der Waals surface area (Å²) in [5, 5.41) is 1.04. The molecule has 1 heterocycles. The summed E-state index contributed by atoms with van der Waals surface area (Å²) in [6, 6.07) is 5.83. The van der Waals surface area contributed by atoms with E-state index in [1.54, 1.807) is 6.07 Å². The first-order valence-corrected chi connectivity index (χ1v) is 8.44. The maximum absolute atomic E-state index is 12.7. The quantitative estimate of drug-likeness (QED) is 0.894. The normalized spacial score (nSPS) is 24.5. The number of carbonyl (C=O) groups is 1. The Balaban J connectivity index is 1.70. The fourth-order valence-electron chi connectivity index (χ4n) is 2.85. The van der Waals surface area contributed by atoms with E-state index in [0.717, 1.165) is 31.2 Å². The monoisotopic (exact) mass is 342 g/mol. The van der Waals surface area contributed by atoms with Crippen LogP contribution in [-0.4, -0.2) is 35.6 Å². The van der Waals surface area contributed by atoms with Crippen molar-refractivity contribution in [3.05, 3.63) is 33.8 Å². The molecule has 3 rings (SSSR count). The van der Waals surface area contributed by atoms with Crippen molar-refractivity contribution in [3.63, 3.8) is 0 Å². The summed E-state index contributed by atoms with van der Waals surface area (Å²) >= 11 is 12.0. The molecule has 1 aromatic rings. The standard InChI is InChI=1S/C16H20Cl2N2O2/c17-13-5-1-10(7-14(13)18)9-20(11-2-3-11)16(21)15-6-4-12(8-19)22-15/h1,5,7,11-12,15H,2-4,6,8-9,19H2/t12-,15+/m1/s1. The molecule has 2 atom stereocenters. The van der Waals surface area contributed by atoms with Crippen molar-refractivity contribution in [2.45, 2.75) is 50.5 Å². The predicted octanol–water partition coefficient (Wildman–Crippen LogP) is 2.99. The van der Waals surface area contributed by atoms with Gasteiger partial charge >= 0.3 is 0 Å². The highest BCUT2D eigenvalue weighted by Gasteiger charge is 2.39. The third-order valence-electron chi connectivity index (χ3n) is 4.25. The molecule has 0 spiro atoms. The minimum absolute atomic E-state index is 0.0139. The van der Waals surface area contributed by atoms with E-state index in [4.69, 9.17) is 33.7 Å². The van der Waals surface area contributed by atoms with Gasteiger partial charge in [-0.25, -0.2) is 0 Å². The second-order valence-electron chi connectivity index (χ2n) is 6.01. The zero-order chi connectivity index (χ0) is 15.7. The van der Waals surface area contributed by atoms with Crippen molar-refractivity contribution in [1.82, 2.24) is 4.90 Å². The Morgan fingerprint density at radius 1 is 1.23 bits per heavy atom. The molecular formula is C16H20Cl2N2O2. The van der Waals surface area contributed by atoms with E-state index in [9.17, 15) is 4.79 Å². The van der Waals surface area contributed by atoms with Gasteiger partial charge < -0.3 is 15.4 Å². The lowest BCUT2D eigenvalue weighted by atomic mass is 10.1. The van der Waals surface area contributed by atoms with Gasteiger partial charge in [-0.2, -0.15) is 0 Å². The molecule has 2 N–H and O–H groups in total. The number of benzene rings is 1. The van der Waals surface area contributed by atoms with Gasteiger partial charge in [0.2, 0.25) is 0 Å². The van der Waals surface area contributed by atoms with Crippen LogP contribution >= 0.6 is 23.2 Å². The average Bonchev–Trinajstić information content (AvgIpc) is 3.24. The zero-order valence-electron chi connectivity index (χ0n) is 12.3. The number of amides is 1. The molecule has 6 heteroatoms. The van der Waals surface area contributed by atoms with E-state index in [1.807, 2.05) is 17.0 Å². The van der Waals surface area contributed by atoms with Gasteiger partial charge in [-0.15, -0.1) is 0 Å². The summed E-state index contributed by atoms with van der Waals surface area (Å²) in [6.45, 7) is 1.02. The fraction of sp³-hybridized carbons (Fsp3) is 0.562. The molecule has 1 saturated heterocycles. The van der Waals surface area contributed by atoms with Crippen molar-refractivity contribution in [2.75, 3.05) is 6.54 Å². The molecule has 1 amide bonds. The number of hydrogen-bond donors (Lipinski definition) is 1. The van der Waals surface area contributed by atoms with Crippen LogP contribution in [0.25, 0.3) is 0 Å². The van der Waals surface area contributed by atoms with Crippen molar-refractivity contribution < 1.29 is 9.53 Å². The Hall–Kier alpha value is -0.810. The zero-order valence-corrected chi connectivity index (χ0v) is 13.8. The number of rotatable bonds is 5. The van der Waals surface area contributed by atoms with Crippen LogP contribution in [-0.2, 0) is 16.1 Å². The van der Waals surface area contributed by atoms with Gasteiger partial charge in [0, 0.05) is 19.1 Å². The van der Waals surface area contributed by atoms with Crippen LogP contribution in [0.3, 0.4) is 0 Å². The topological polar surface area (TPSA) is 55.6 Å². The van der Waals surface area contributed by atoms with E-state index in [-0.39, 0.29) is 18.1 Å². The Kier molecular flexibility index (Phi) is 4.93. The van der Waals surface area contributed by atoms with Crippen molar-refractivity contribution in [2.24, 2.45) is 5.73 Å². The summed E-state index contributed by atoms with van der Waals surface area (Å²) in [4.78, 5) is 14.7. The van der Waals surface area contributed by atoms with E-state index in [1.165, 1.54) is 0 Å². The van der Waals surface area contributed by atoms with Crippen LogP contribution in [0.2, 0.25) is 10.0 Å². The second kappa shape index (κ2) is 6.75. The average molecular weight is 343 g/mol. The summed E-state index contributed by atoms with van der Waals surface area (Å²) in [5.74, 6) is 0.0736. The lowest BCUT2D eigenvalue weighted by Crippen LogP contribution is -2.40. The van der Waals surface area contributed by atoms with Crippen LogP contribution in [0.1, 0.15) is 31.2 Å². The molecule has 22 heavy (non-hydrogen) atoms. The molecule has 2 aliphatic rings. The summed E-state index contributed by atoms with van der Waals surface area (Å²) < 4.78 is 5.75. The van der Waals surface area contributed by atoms with Crippen LogP contribution < -0.4 is 5.73 Å². The number of nitrogens with two attached hydrogens (primary N) is 1. The number of carbonyl (C=O) groups excluding carboxylic acids is 1. The lowest BCUT2D eigenvalue weighted by Gasteiger charge is -2.26. The molecule has 0 aromatic heterocycles. The second-order valence-corrected chi connectivity index (χ2v) is 6.82. The smallest absolute Gasteiger partial charge is 0.252 e. The maximum atomic E-state index is 12.7. The van der Waals surface area contributed by atoms with Crippen LogP contribution in [0.5, 0.6) is 0 Å². The first-order chi connectivity index (χ1) is 10.6. The van der Waals surface area contributed by atoms with Crippen LogP contribution in [0, 0.1) is 0 Å². The Bertz CT molecular complexity index is 563. The van der Waals surface area contributed by atoms with Crippen molar-refractivity contribution >= 4 is 29.1 Å². The van der Waals surface area contributed by atoms with E-state index >= 15 is 0 Å². The van der Waals surface area contributed by atoms with Gasteiger partial charge in [0.1, 0.15) is 6.10 Å². The highest BCUT2D eigenvalue weighted by atomic mass is 35.5. The first-order valence-electron chi connectivity index (χ1n) is 7.68. The van der Waals surface area contributed by atoms with Crippen LogP contribution in [0.4, 0.5) is 0 Å². The summed E-state index contributed by atoms with van der Waals surface area (Å²) in [6.07, 6.45) is 3.39. The number of halogens is 2. The van der Waals surface area contributed by atoms with Crippen molar-refractivity contribution in [3.8, 4) is 0 Å². The van der Waals surface area contributed by atoms with Gasteiger partial charge in [-0.05, 0) is 43.4 Å². The third kappa shape index (κ3) is 3.57. The molecule has 0 unspecified atom stereocenters. The summed E-state index contributed by atoms with van der Waals surface area (Å²) in [5.41, 5.74) is 6.61. The molecule has 4 nitrogen and oxygen atoms in total. The molecule has 1 aromatic carbocycles. The summed E-state index contributed by atoms with van der Waals surface area (Å²) in [7, 11) is 0. The van der Waals surface area contributed by atoms with Crippen LogP contribution in [0.15, 0.2) is 18.2 Å². The number of nitrogens with zero attached hydrogens (tertiary/aromatic N) is 1. The number of hydrogen-bond acceptors (Lipinski definition) is 3.